The Kier molecular flexibility index (Phi) is 3.31. The van der Waals surface area contributed by atoms with Crippen molar-refractivity contribution in [3.63, 3.8) is 0 Å². The summed E-state index contributed by atoms with van der Waals surface area (Å²) >= 11 is 9.06. The first-order valence-corrected chi connectivity index (χ1v) is 5.88. The van der Waals surface area contributed by atoms with Crippen LogP contribution in [-0.4, -0.2) is 15.8 Å². The first-order valence-electron chi connectivity index (χ1n) is 4.71. The number of carbonyl (C=O) groups excluding carboxylic acids is 1. The summed E-state index contributed by atoms with van der Waals surface area (Å²) in [5, 5.41) is 0.237. The summed E-state index contributed by atoms with van der Waals surface area (Å²) in [6.45, 7) is 1.38. The van der Waals surface area contributed by atoms with E-state index < -0.39 is 5.82 Å². The van der Waals surface area contributed by atoms with E-state index in [1.165, 1.54) is 19.1 Å². The Labute approximate surface area is 110 Å². The quantitative estimate of drug-likeness (QED) is 0.856. The van der Waals surface area contributed by atoms with Crippen LogP contribution in [0, 0.1) is 5.82 Å². The number of ketones is 1. The summed E-state index contributed by atoms with van der Waals surface area (Å²) in [5.41, 5.74) is 0.377. The van der Waals surface area contributed by atoms with Crippen molar-refractivity contribution in [2.24, 2.45) is 0 Å². The number of aromatic amines is 1. The lowest BCUT2D eigenvalue weighted by atomic mass is 10.2. The predicted octanol–water partition coefficient (Wildman–Crippen LogP) is 3.83. The normalized spacial score (nSPS) is 10.6. The Hall–Kier alpha value is -1.20. The van der Waals surface area contributed by atoms with Crippen LogP contribution < -0.4 is 0 Å². The molecule has 0 aliphatic rings. The van der Waals surface area contributed by atoms with Crippen molar-refractivity contribution in [3.8, 4) is 11.4 Å². The zero-order valence-electron chi connectivity index (χ0n) is 8.72. The Bertz CT molecular complexity index is 577. The highest BCUT2D eigenvalue weighted by molar-refractivity contribution is 9.10. The molecule has 1 N–H and O–H groups in total. The number of nitrogens with zero attached hydrogens (tertiary/aromatic N) is 1. The van der Waals surface area contributed by atoms with Crippen molar-refractivity contribution in [2.75, 3.05) is 0 Å². The first-order chi connectivity index (χ1) is 8.00. The Morgan fingerprint density at radius 2 is 2.24 bits per heavy atom. The maximum atomic E-state index is 13.6. The van der Waals surface area contributed by atoms with Gasteiger partial charge in [-0.15, -0.1) is 0 Å². The smallest absolute Gasteiger partial charge is 0.180 e. The van der Waals surface area contributed by atoms with E-state index >= 15 is 0 Å². The number of rotatable bonds is 2. The largest absolute Gasteiger partial charge is 0.332 e. The van der Waals surface area contributed by atoms with Gasteiger partial charge in [-0.3, -0.25) is 4.79 Å². The van der Waals surface area contributed by atoms with Crippen LogP contribution in [0.2, 0.25) is 5.02 Å². The van der Waals surface area contributed by atoms with Gasteiger partial charge in [-0.25, -0.2) is 9.37 Å². The molecule has 88 valence electrons. The molecule has 1 aromatic heterocycles. The molecule has 17 heavy (non-hydrogen) atoms. The van der Waals surface area contributed by atoms with Gasteiger partial charge in [-0.1, -0.05) is 17.7 Å². The standard InChI is InChI=1S/C11H7BrClFN2O/c1-5(17)9-10(12)16-11(15-9)8-6(13)3-2-4-7(8)14/h2-4H,1H3,(H,15,16). The number of hydrogen-bond acceptors (Lipinski definition) is 2. The molecule has 0 amide bonds. The van der Waals surface area contributed by atoms with Crippen molar-refractivity contribution in [3.05, 3.63) is 39.3 Å². The van der Waals surface area contributed by atoms with Crippen molar-refractivity contribution in [1.29, 1.82) is 0 Å². The molecule has 0 radical (unpaired) electrons. The molecule has 0 aliphatic carbocycles. The van der Waals surface area contributed by atoms with Gasteiger partial charge in [0.05, 0.1) is 10.6 Å². The molecule has 0 saturated carbocycles. The summed E-state index contributed by atoms with van der Waals surface area (Å²) in [6, 6.07) is 4.35. The van der Waals surface area contributed by atoms with Crippen LogP contribution in [0.4, 0.5) is 4.39 Å². The monoisotopic (exact) mass is 316 g/mol. The molecular formula is C11H7BrClFN2O. The molecular weight excluding hydrogens is 310 g/mol. The molecule has 3 nitrogen and oxygen atoms in total. The van der Waals surface area contributed by atoms with E-state index in [1.807, 2.05) is 0 Å². The molecule has 2 aromatic rings. The minimum absolute atomic E-state index is 0.155. The van der Waals surface area contributed by atoms with Gasteiger partial charge >= 0.3 is 0 Å². The highest BCUT2D eigenvalue weighted by Crippen LogP contribution is 2.30. The average molecular weight is 318 g/mol. The van der Waals surface area contributed by atoms with E-state index in [0.29, 0.717) is 4.60 Å². The predicted molar refractivity (Wildman–Crippen MR) is 66.7 cm³/mol. The van der Waals surface area contributed by atoms with Crippen LogP contribution in [0.5, 0.6) is 0 Å². The number of aromatic nitrogens is 2. The van der Waals surface area contributed by atoms with Crippen LogP contribution in [0.1, 0.15) is 17.4 Å². The number of hydrogen-bond donors (Lipinski definition) is 1. The highest BCUT2D eigenvalue weighted by atomic mass is 79.9. The van der Waals surface area contributed by atoms with E-state index in [2.05, 4.69) is 25.9 Å². The zero-order chi connectivity index (χ0) is 12.6. The SMILES string of the molecule is CC(=O)c1nc(-c2c(F)cccc2Cl)[nH]c1Br. The Morgan fingerprint density at radius 1 is 1.53 bits per heavy atom. The number of imidazole rings is 1. The molecule has 0 fully saturated rings. The number of benzene rings is 1. The first kappa shape index (κ1) is 12.3. The van der Waals surface area contributed by atoms with E-state index in [1.54, 1.807) is 6.07 Å². The average Bonchev–Trinajstić information content (AvgIpc) is 2.60. The third kappa shape index (κ3) is 2.25. The van der Waals surface area contributed by atoms with Crippen LogP contribution in [0.25, 0.3) is 11.4 Å². The third-order valence-corrected chi connectivity index (χ3v) is 3.08. The maximum absolute atomic E-state index is 13.6. The molecule has 0 spiro atoms. The minimum atomic E-state index is -0.492. The topological polar surface area (TPSA) is 45.8 Å². The molecule has 0 unspecified atom stereocenters. The molecule has 6 heteroatoms. The fourth-order valence-corrected chi connectivity index (χ4v) is 2.24. The van der Waals surface area contributed by atoms with Crippen LogP contribution >= 0.6 is 27.5 Å². The molecule has 0 bridgehead atoms. The molecule has 2 rings (SSSR count). The lowest BCUT2D eigenvalue weighted by Crippen LogP contribution is -1.93. The Balaban J connectivity index is 2.62. The maximum Gasteiger partial charge on any atom is 0.180 e. The fraction of sp³-hybridized carbons (Fsp3) is 0.0909. The number of halogens is 3. The molecule has 1 aromatic carbocycles. The minimum Gasteiger partial charge on any atom is -0.332 e. The lowest BCUT2D eigenvalue weighted by molar-refractivity contribution is 0.101. The molecule has 1 heterocycles. The zero-order valence-corrected chi connectivity index (χ0v) is 11.1. The number of H-pyrrole nitrogens is 1. The van der Waals surface area contributed by atoms with E-state index in [9.17, 15) is 9.18 Å². The summed E-state index contributed by atoms with van der Waals surface area (Å²) in [7, 11) is 0. The fourth-order valence-electron chi connectivity index (χ4n) is 1.43. The summed E-state index contributed by atoms with van der Waals surface area (Å²) in [5.74, 6) is -0.481. The summed E-state index contributed by atoms with van der Waals surface area (Å²) in [4.78, 5) is 18.1. The Morgan fingerprint density at radius 3 is 2.76 bits per heavy atom. The van der Waals surface area contributed by atoms with Gasteiger partial charge < -0.3 is 4.98 Å². The second-order valence-electron chi connectivity index (χ2n) is 3.40. The van der Waals surface area contributed by atoms with Gasteiger partial charge in [0.25, 0.3) is 0 Å². The van der Waals surface area contributed by atoms with E-state index in [0.717, 1.165) is 0 Å². The van der Waals surface area contributed by atoms with Crippen molar-refractivity contribution >= 4 is 33.3 Å². The molecule has 0 saturated heterocycles. The van der Waals surface area contributed by atoms with Gasteiger partial charge in [0.15, 0.2) is 5.78 Å². The van der Waals surface area contributed by atoms with Crippen LogP contribution in [0.15, 0.2) is 22.8 Å². The second kappa shape index (κ2) is 4.58. The van der Waals surface area contributed by atoms with E-state index in [-0.39, 0.29) is 27.9 Å². The van der Waals surface area contributed by atoms with Crippen molar-refractivity contribution in [2.45, 2.75) is 6.92 Å². The van der Waals surface area contributed by atoms with Gasteiger partial charge in [0.2, 0.25) is 0 Å². The molecule has 0 aliphatic heterocycles. The van der Waals surface area contributed by atoms with E-state index in [4.69, 9.17) is 11.6 Å². The second-order valence-corrected chi connectivity index (χ2v) is 4.60. The number of Topliss-reactive ketones (excluding diaryl/α,β-unsaturated/α-hetero) is 1. The van der Waals surface area contributed by atoms with Crippen molar-refractivity contribution in [1.82, 2.24) is 9.97 Å². The third-order valence-electron chi connectivity index (χ3n) is 2.19. The van der Waals surface area contributed by atoms with Crippen LogP contribution in [-0.2, 0) is 0 Å². The van der Waals surface area contributed by atoms with Crippen LogP contribution in [0.3, 0.4) is 0 Å². The lowest BCUT2D eigenvalue weighted by Gasteiger charge is -2.01. The van der Waals surface area contributed by atoms with Gasteiger partial charge in [0.1, 0.15) is 21.9 Å². The summed E-state index contributed by atoms with van der Waals surface area (Å²) < 4.78 is 14.0. The number of nitrogens with one attached hydrogen (secondary N) is 1. The van der Waals surface area contributed by atoms with Gasteiger partial charge in [0, 0.05) is 6.92 Å². The van der Waals surface area contributed by atoms with Gasteiger partial charge in [-0.2, -0.15) is 0 Å². The summed E-state index contributed by atoms with van der Waals surface area (Å²) in [6.07, 6.45) is 0. The number of carbonyl (C=O) groups is 1. The van der Waals surface area contributed by atoms with Crippen molar-refractivity contribution < 1.29 is 9.18 Å². The van der Waals surface area contributed by atoms with Gasteiger partial charge in [-0.05, 0) is 28.1 Å². The highest BCUT2D eigenvalue weighted by Gasteiger charge is 2.17. The molecule has 0 atom stereocenters.